The molecule has 0 bridgehead atoms. The number of rotatable bonds is 3. The molecule has 0 aliphatic heterocycles. The lowest BCUT2D eigenvalue weighted by molar-refractivity contribution is 0.102. The number of oxazole rings is 1. The van der Waals surface area contributed by atoms with Gasteiger partial charge < -0.3 is 9.73 Å². The summed E-state index contributed by atoms with van der Waals surface area (Å²) in [6, 6.07) is 19.3. The zero-order valence-electron chi connectivity index (χ0n) is 14.3. The summed E-state index contributed by atoms with van der Waals surface area (Å²) in [5, 5.41) is 3.02. The van der Waals surface area contributed by atoms with Crippen LogP contribution in [0.3, 0.4) is 0 Å². The Labute approximate surface area is 183 Å². The van der Waals surface area contributed by atoms with Gasteiger partial charge in [0, 0.05) is 18.4 Å². The van der Waals surface area contributed by atoms with E-state index in [1.165, 1.54) is 0 Å². The van der Waals surface area contributed by atoms with Crippen molar-refractivity contribution in [3.05, 3.63) is 78.9 Å². The van der Waals surface area contributed by atoms with Gasteiger partial charge in [-0.1, -0.05) is 18.2 Å². The highest BCUT2D eigenvalue weighted by Gasteiger charge is 2.14. The molecular weight excluding hydrogens is 566 g/mol. The molecule has 27 heavy (non-hydrogen) atoms. The lowest BCUT2D eigenvalue weighted by atomic mass is 10.1. The van der Waals surface area contributed by atoms with Gasteiger partial charge in [0.25, 0.3) is 5.91 Å². The number of aromatic nitrogens is 1. The number of nitrogens with zero attached hydrogens (tertiary/aromatic N) is 1. The molecule has 4 rings (SSSR count). The quantitative estimate of drug-likeness (QED) is 0.291. The summed E-state index contributed by atoms with van der Waals surface area (Å²) in [6.07, 6.45) is 0. The normalized spacial score (nSPS) is 10.9. The first kappa shape index (κ1) is 18.4. The van der Waals surface area contributed by atoms with Crippen LogP contribution in [0.25, 0.3) is 22.6 Å². The van der Waals surface area contributed by atoms with Crippen molar-refractivity contribution < 1.29 is 9.21 Å². The van der Waals surface area contributed by atoms with Crippen LogP contribution in [0.4, 0.5) is 5.69 Å². The molecule has 0 saturated carbocycles. The third-order valence-electron chi connectivity index (χ3n) is 4.20. The van der Waals surface area contributed by atoms with E-state index >= 15 is 0 Å². The number of anilines is 1. The lowest BCUT2D eigenvalue weighted by Crippen LogP contribution is -2.14. The molecule has 0 radical (unpaired) electrons. The van der Waals surface area contributed by atoms with Gasteiger partial charge in [0.1, 0.15) is 5.52 Å². The largest absolute Gasteiger partial charge is 0.436 e. The fraction of sp³-hybridized carbons (Fsp3) is 0.0476. The Balaban J connectivity index is 1.68. The van der Waals surface area contributed by atoms with E-state index < -0.39 is 0 Å². The standard InChI is InChI=1S/C21H14I2N2O2/c1-12-6-7-13(21-25-17-4-2-3-5-19(17)27-21)10-18(12)24-20(26)15-11-14(22)8-9-16(15)23/h2-11H,1H3,(H,24,26). The number of hydrogen-bond donors (Lipinski definition) is 1. The fourth-order valence-corrected chi connectivity index (χ4v) is 3.82. The Morgan fingerprint density at radius 1 is 1.04 bits per heavy atom. The molecule has 0 fully saturated rings. The lowest BCUT2D eigenvalue weighted by Gasteiger charge is -2.11. The molecule has 0 aliphatic rings. The number of para-hydroxylation sites is 2. The van der Waals surface area contributed by atoms with Gasteiger partial charge in [-0.25, -0.2) is 4.98 Å². The van der Waals surface area contributed by atoms with E-state index in [9.17, 15) is 4.79 Å². The molecule has 1 heterocycles. The zero-order chi connectivity index (χ0) is 19.0. The maximum absolute atomic E-state index is 12.8. The second-order valence-electron chi connectivity index (χ2n) is 6.09. The van der Waals surface area contributed by atoms with Crippen LogP contribution in [0.1, 0.15) is 15.9 Å². The topological polar surface area (TPSA) is 55.1 Å². The van der Waals surface area contributed by atoms with Crippen molar-refractivity contribution in [2.24, 2.45) is 0 Å². The maximum Gasteiger partial charge on any atom is 0.256 e. The summed E-state index contributed by atoms with van der Waals surface area (Å²) in [7, 11) is 0. The smallest absolute Gasteiger partial charge is 0.256 e. The molecule has 1 amide bonds. The molecule has 0 atom stereocenters. The number of hydrogen-bond acceptors (Lipinski definition) is 3. The van der Waals surface area contributed by atoms with E-state index in [-0.39, 0.29) is 5.91 Å². The second-order valence-corrected chi connectivity index (χ2v) is 8.50. The van der Waals surface area contributed by atoms with Gasteiger partial charge in [-0.15, -0.1) is 0 Å². The molecule has 134 valence electrons. The third-order valence-corrected chi connectivity index (χ3v) is 5.81. The summed E-state index contributed by atoms with van der Waals surface area (Å²) >= 11 is 4.39. The number of halogens is 2. The molecule has 3 aromatic carbocycles. The molecule has 0 aliphatic carbocycles. The molecule has 0 spiro atoms. The summed E-state index contributed by atoms with van der Waals surface area (Å²) in [5.41, 5.74) is 4.76. The van der Waals surface area contributed by atoms with Crippen LogP contribution in [-0.4, -0.2) is 10.9 Å². The summed E-state index contributed by atoms with van der Waals surface area (Å²) in [5.74, 6) is 0.409. The average Bonchev–Trinajstić information content (AvgIpc) is 3.09. The van der Waals surface area contributed by atoms with Crippen LogP contribution < -0.4 is 5.32 Å². The van der Waals surface area contributed by atoms with Crippen molar-refractivity contribution in [2.75, 3.05) is 5.32 Å². The van der Waals surface area contributed by atoms with Gasteiger partial charge in [-0.3, -0.25) is 4.79 Å². The van der Waals surface area contributed by atoms with E-state index in [4.69, 9.17) is 4.42 Å². The van der Waals surface area contributed by atoms with Crippen molar-refractivity contribution in [1.29, 1.82) is 0 Å². The van der Waals surface area contributed by atoms with Crippen molar-refractivity contribution in [3.63, 3.8) is 0 Å². The van der Waals surface area contributed by atoms with Crippen LogP contribution in [0, 0.1) is 14.1 Å². The van der Waals surface area contributed by atoms with Crippen molar-refractivity contribution in [1.82, 2.24) is 4.98 Å². The monoisotopic (exact) mass is 580 g/mol. The summed E-state index contributed by atoms with van der Waals surface area (Å²) in [4.78, 5) is 17.3. The van der Waals surface area contributed by atoms with Gasteiger partial charge >= 0.3 is 0 Å². The first-order valence-corrected chi connectivity index (χ1v) is 10.4. The minimum absolute atomic E-state index is 0.129. The van der Waals surface area contributed by atoms with Crippen molar-refractivity contribution in [3.8, 4) is 11.5 Å². The predicted molar refractivity (Wildman–Crippen MR) is 124 cm³/mol. The Morgan fingerprint density at radius 3 is 2.67 bits per heavy atom. The number of carbonyl (C=O) groups excluding carboxylic acids is 1. The molecule has 6 heteroatoms. The molecule has 4 aromatic rings. The van der Waals surface area contributed by atoms with Crippen LogP contribution in [0.2, 0.25) is 0 Å². The van der Waals surface area contributed by atoms with Gasteiger partial charge in [-0.2, -0.15) is 0 Å². The van der Waals surface area contributed by atoms with E-state index in [1.54, 1.807) is 0 Å². The molecule has 1 aromatic heterocycles. The molecule has 0 saturated heterocycles. The average molecular weight is 580 g/mol. The maximum atomic E-state index is 12.8. The zero-order valence-corrected chi connectivity index (χ0v) is 18.6. The highest BCUT2D eigenvalue weighted by atomic mass is 127. The first-order valence-electron chi connectivity index (χ1n) is 8.24. The Hall–Kier alpha value is -1.94. The van der Waals surface area contributed by atoms with E-state index in [0.29, 0.717) is 11.5 Å². The minimum Gasteiger partial charge on any atom is -0.436 e. The Morgan fingerprint density at radius 2 is 1.85 bits per heavy atom. The van der Waals surface area contributed by atoms with Gasteiger partial charge in [-0.05, 0) is 100 Å². The molecule has 0 unspecified atom stereocenters. The highest BCUT2D eigenvalue weighted by molar-refractivity contribution is 14.1. The molecular formula is C21H14I2N2O2. The Kier molecular flexibility index (Phi) is 5.18. The molecule has 4 nitrogen and oxygen atoms in total. The SMILES string of the molecule is Cc1ccc(-c2nc3ccccc3o2)cc1NC(=O)c1cc(I)ccc1I. The minimum atomic E-state index is -0.129. The highest BCUT2D eigenvalue weighted by Crippen LogP contribution is 2.28. The van der Waals surface area contributed by atoms with Gasteiger partial charge in [0.2, 0.25) is 5.89 Å². The van der Waals surface area contributed by atoms with Crippen molar-refractivity contribution in [2.45, 2.75) is 6.92 Å². The molecule has 1 N–H and O–H groups in total. The van der Waals surface area contributed by atoms with E-state index in [1.807, 2.05) is 67.6 Å². The Bertz CT molecular complexity index is 1140. The fourth-order valence-electron chi connectivity index (χ4n) is 2.75. The number of benzene rings is 3. The number of carbonyl (C=O) groups is 1. The number of nitrogens with one attached hydrogen (secondary N) is 1. The second kappa shape index (κ2) is 7.59. The van der Waals surface area contributed by atoms with Crippen LogP contribution in [0.5, 0.6) is 0 Å². The van der Waals surface area contributed by atoms with Crippen LogP contribution in [-0.2, 0) is 0 Å². The van der Waals surface area contributed by atoms with Gasteiger partial charge in [0.15, 0.2) is 5.58 Å². The van der Waals surface area contributed by atoms with E-state index in [0.717, 1.165) is 35.1 Å². The number of aryl methyl sites for hydroxylation is 1. The first-order chi connectivity index (χ1) is 13.0. The van der Waals surface area contributed by atoms with E-state index in [2.05, 4.69) is 55.5 Å². The van der Waals surface area contributed by atoms with Crippen LogP contribution in [0.15, 0.2) is 65.1 Å². The number of fused-ring (bicyclic) bond motifs is 1. The summed E-state index contributed by atoms with van der Waals surface area (Å²) < 4.78 is 7.79. The summed E-state index contributed by atoms with van der Waals surface area (Å²) in [6.45, 7) is 1.96. The van der Waals surface area contributed by atoms with Crippen LogP contribution >= 0.6 is 45.2 Å². The third kappa shape index (κ3) is 3.86. The van der Waals surface area contributed by atoms with Gasteiger partial charge in [0.05, 0.1) is 5.56 Å². The number of amides is 1. The van der Waals surface area contributed by atoms with Crippen molar-refractivity contribution >= 4 is 67.9 Å². The predicted octanol–water partition coefficient (Wildman–Crippen LogP) is 6.26.